The van der Waals surface area contributed by atoms with E-state index in [2.05, 4.69) is 25.4 Å². The maximum absolute atomic E-state index is 12.9. The summed E-state index contributed by atoms with van der Waals surface area (Å²) in [6.45, 7) is 7.54. The molecule has 4 rings (SSSR count). The van der Waals surface area contributed by atoms with Crippen LogP contribution in [0, 0.1) is 20.8 Å². The Balaban J connectivity index is 1.45. The Bertz CT molecular complexity index is 1140. The lowest BCUT2D eigenvalue weighted by molar-refractivity contribution is -0.122. The Labute approximate surface area is 182 Å². The molecule has 10 heteroatoms. The van der Waals surface area contributed by atoms with Crippen LogP contribution in [0.3, 0.4) is 0 Å². The van der Waals surface area contributed by atoms with E-state index < -0.39 is 5.54 Å². The van der Waals surface area contributed by atoms with E-state index in [0.717, 1.165) is 41.0 Å². The molecule has 3 aromatic heterocycles. The lowest BCUT2D eigenvalue weighted by Crippen LogP contribution is -2.47. The van der Waals surface area contributed by atoms with Crippen molar-refractivity contribution in [2.45, 2.75) is 69.9 Å². The standard InChI is InChI=1S/C20H25N5O3S2/c1-10-11(2)30-18-15(10)17(27)22-14(23-18)9-29-12(3)16(26)24-20(7-5-6-8-20)19-21-13(4)28-25-19/h12H,5-9H2,1-4H3,(H,24,26)(H,22,23,27). The van der Waals surface area contributed by atoms with Gasteiger partial charge >= 0.3 is 0 Å². The summed E-state index contributed by atoms with van der Waals surface area (Å²) in [5.41, 5.74) is 0.308. The fourth-order valence-electron chi connectivity index (χ4n) is 3.86. The average molecular weight is 448 g/mol. The monoisotopic (exact) mass is 447 g/mol. The van der Waals surface area contributed by atoms with Gasteiger partial charge in [-0.05, 0) is 39.2 Å². The van der Waals surface area contributed by atoms with E-state index in [0.29, 0.717) is 28.7 Å². The largest absolute Gasteiger partial charge is 0.342 e. The van der Waals surface area contributed by atoms with Gasteiger partial charge in [0, 0.05) is 11.8 Å². The number of nitrogens with one attached hydrogen (secondary N) is 2. The fraction of sp³-hybridized carbons (Fsp3) is 0.550. The highest BCUT2D eigenvalue weighted by atomic mass is 32.2. The second kappa shape index (κ2) is 8.14. The number of amides is 1. The van der Waals surface area contributed by atoms with Gasteiger partial charge in [-0.25, -0.2) is 4.98 Å². The van der Waals surface area contributed by atoms with Gasteiger partial charge in [-0.3, -0.25) is 9.59 Å². The average Bonchev–Trinajstić information content (AvgIpc) is 3.41. The molecule has 8 nitrogen and oxygen atoms in total. The van der Waals surface area contributed by atoms with E-state index in [1.807, 2.05) is 20.8 Å². The summed E-state index contributed by atoms with van der Waals surface area (Å²) < 4.78 is 5.15. The summed E-state index contributed by atoms with van der Waals surface area (Å²) in [5, 5.41) is 7.59. The number of hydrogen-bond donors (Lipinski definition) is 2. The number of fused-ring (bicyclic) bond motifs is 1. The highest BCUT2D eigenvalue weighted by molar-refractivity contribution is 7.99. The molecule has 1 atom stereocenters. The predicted octanol–water partition coefficient (Wildman–Crippen LogP) is 3.50. The second-order valence-electron chi connectivity index (χ2n) is 7.84. The van der Waals surface area contributed by atoms with Crippen molar-refractivity contribution in [3.8, 4) is 0 Å². The molecular formula is C20H25N5O3S2. The van der Waals surface area contributed by atoms with Crippen molar-refractivity contribution < 1.29 is 9.32 Å². The first-order chi connectivity index (χ1) is 14.3. The van der Waals surface area contributed by atoms with Crippen molar-refractivity contribution in [2.75, 3.05) is 0 Å². The molecule has 0 aromatic carbocycles. The fourth-order valence-corrected chi connectivity index (χ4v) is 5.67. The van der Waals surface area contributed by atoms with Crippen LogP contribution < -0.4 is 10.9 Å². The first-order valence-corrected chi connectivity index (χ1v) is 11.9. The first-order valence-electron chi connectivity index (χ1n) is 10.0. The number of rotatable bonds is 6. The van der Waals surface area contributed by atoms with Crippen LogP contribution in [0.2, 0.25) is 0 Å². The van der Waals surface area contributed by atoms with Gasteiger partial charge in [0.2, 0.25) is 11.8 Å². The minimum atomic E-state index is -0.554. The number of aromatic nitrogens is 4. The van der Waals surface area contributed by atoms with Crippen molar-refractivity contribution in [1.82, 2.24) is 25.4 Å². The normalized spacial score (nSPS) is 16.8. The summed E-state index contributed by atoms with van der Waals surface area (Å²) in [7, 11) is 0. The zero-order chi connectivity index (χ0) is 21.5. The van der Waals surface area contributed by atoms with Gasteiger partial charge in [0.25, 0.3) is 5.56 Å². The summed E-state index contributed by atoms with van der Waals surface area (Å²) in [6, 6.07) is 0. The van der Waals surface area contributed by atoms with Crippen LogP contribution in [0.4, 0.5) is 0 Å². The quantitative estimate of drug-likeness (QED) is 0.594. The van der Waals surface area contributed by atoms with Crippen LogP contribution in [0.1, 0.15) is 60.6 Å². The molecule has 0 saturated heterocycles. The summed E-state index contributed by atoms with van der Waals surface area (Å²) >= 11 is 2.97. The van der Waals surface area contributed by atoms with Crippen molar-refractivity contribution in [2.24, 2.45) is 0 Å². The third-order valence-corrected chi connectivity index (χ3v) is 7.96. The number of carbonyl (C=O) groups excluding carboxylic acids is 1. The number of hydrogen-bond acceptors (Lipinski definition) is 8. The third kappa shape index (κ3) is 3.90. The van der Waals surface area contributed by atoms with Gasteiger partial charge in [-0.1, -0.05) is 18.0 Å². The molecule has 1 saturated carbocycles. The van der Waals surface area contributed by atoms with Gasteiger partial charge in [0.05, 0.1) is 16.4 Å². The summed E-state index contributed by atoms with van der Waals surface area (Å²) in [6.07, 6.45) is 3.63. The van der Waals surface area contributed by atoms with Crippen LogP contribution in [-0.2, 0) is 16.1 Å². The van der Waals surface area contributed by atoms with Gasteiger partial charge in [0.1, 0.15) is 16.2 Å². The Morgan fingerprint density at radius 2 is 2.03 bits per heavy atom. The minimum absolute atomic E-state index is 0.0735. The van der Waals surface area contributed by atoms with Crippen molar-refractivity contribution in [1.29, 1.82) is 0 Å². The van der Waals surface area contributed by atoms with E-state index in [4.69, 9.17) is 4.52 Å². The smallest absolute Gasteiger partial charge is 0.259 e. The Morgan fingerprint density at radius 1 is 1.30 bits per heavy atom. The molecule has 1 aliphatic carbocycles. The lowest BCUT2D eigenvalue weighted by Gasteiger charge is -2.28. The zero-order valence-corrected chi connectivity index (χ0v) is 19.1. The Hall–Kier alpha value is -2.20. The highest BCUT2D eigenvalue weighted by Crippen LogP contribution is 2.37. The van der Waals surface area contributed by atoms with Crippen molar-refractivity contribution in [3.05, 3.63) is 38.3 Å². The molecule has 1 aliphatic rings. The molecule has 1 unspecified atom stereocenters. The number of aryl methyl sites for hydroxylation is 3. The molecule has 160 valence electrons. The Kier molecular flexibility index (Phi) is 5.71. The maximum Gasteiger partial charge on any atom is 0.259 e. The topological polar surface area (TPSA) is 114 Å². The van der Waals surface area contributed by atoms with E-state index in [1.54, 1.807) is 6.92 Å². The SMILES string of the molecule is Cc1nc(C2(NC(=O)C(C)SCc3nc4sc(C)c(C)c4c(=O)[nH]3)CCCC2)no1. The van der Waals surface area contributed by atoms with E-state index in [1.165, 1.54) is 23.1 Å². The minimum Gasteiger partial charge on any atom is -0.342 e. The van der Waals surface area contributed by atoms with Gasteiger partial charge < -0.3 is 14.8 Å². The maximum atomic E-state index is 12.9. The first kappa shape index (κ1) is 21.0. The number of nitrogens with zero attached hydrogens (tertiary/aromatic N) is 3. The van der Waals surface area contributed by atoms with E-state index in [-0.39, 0.29) is 16.7 Å². The summed E-state index contributed by atoms with van der Waals surface area (Å²) in [4.78, 5) is 39.0. The van der Waals surface area contributed by atoms with Crippen LogP contribution in [0.5, 0.6) is 0 Å². The molecule has 1 amide bonds. The third-order valence-electron chi connectivity index (χ3n) is 5.70. The van der Waals surface area contributed by atoms with Crippen LogP contribution in [0.15, 0.2) is 9.32 Å². The summed E-state index contributed by atoms with van der Waals surface area (Å²) in [5.74, 6) is 2.02. The predicted molar refractivity (Wildman–Crippen MR) is 118 cm³/mol. The van der Waals surface area contributed by atoms with Crippen LogP contribution in [0.25, 0.3) is 10.2 Å². The van der Waals surface area contributed by atoms with Gasteiger partial charge in [0.15, 0.2) is 5.82 Å². The molecule has 0 spiro atoms. The highest BCUT2D eigenvalue weighted by Gasteiger charge is 2.41. The van der Waals surface area contributed by atoms with Crippen molar-refractivity contribution in [3.63, 3.8) is 0 Å². The molecule has 0 radical (unpaired) electrons. The van der Waals surface area contributed by atoms with Crippen LogP contribution >= 0.6 is 23.1 Å². The number of aromatic amines is 1. The molecule has 3 aromatic rings. The van der Waals surface area contributed by atoms with Crippen molar-refractivity contribution >= 4 is 39.2 Å². The van der Waals surface area contributed by atoms with E-state index in [9.17, 15) is 9.59 Å². The number of thiophene rings is 1. The molecule has 3 heterocycles. The van der Waals surface area contributed by atoms with E-state index >= 15 is 0 Å². The molecule has 0 bridgehead atoms. The van der Waals surface area contributed by atoms with Gasteiger partial charge in [-0.15, -0.1) is 23.1 Å². The lowest BCUT2D eigenvalue weighted by atomic mass is 9.96. The van der Waals surface area contributed by atoms with Crippen LogP contribution in [-0.4, -0.2) is 31.3 Å². The molecule has 0 aliphatic heterocycles. The number of H-pyrrole nitrogens is 1. The number of carbonyl (C=O) groups is 1. The zero-order valence-electron chi connectivity index (χ0n) is 17.5. The number of thioether (sulfide) groups is 1. The Morgan fingerprint density at radius 3 is 2.70 bits per heavy atom. The molecule has 30 heavy (non-hydrogen) atoms. The molecule has 2 N–H and O–H groups in total. The van der Waals surface area contributed by atoms with Gasteiger partial charge in [-0.2, -0.15) is 4.98 Å². The molecular weight excluding hydrogens is 422 g/mol. The molecule has 1 fully saturated rings. The second-order valence-corrected chi connectivity index (χ2v) is 10.4.